The van der Waals surface area contributed by atoms with Gasteiger partial charge in [0.05, 0.1) is 19.2 Å². The smallest absolute Gasteiger partial charge is 0.244 e. The van der Waals surface area contributed by atoms with E-state index < -0.39 is 0 Å². The first-order valence-corrected chi connectivity index (χ1v) is 7.27. The SMILES string of the molecule is CCOc1ccc(/C=N\NC(=O)Cc2ccc(C)cc2)cc1. The van der Waals surface area contributed by atoms with Crippen LogP contribution in [-0.2, 0) is 11.2 Å². The molecule has 1 N–H and O–H groups in total. The average Bonchev–Trinajstić information content (AvgIpc) is 2.52. The first-order valence-electron chi connectivity index (χ1n) is 7.27. The number of carbonyl (C=O) groups excluding carboxylic acids is 1. The Kier molecular flexibility index (Phi) is 5.72. The molecule has 0 bridgehead atoms. The van der Waals surface area contributed by atoms with Crippen LogP contribution in [0.2, 0.25) is 0 Å². The summed E-state index contributed by atoms with van der Waals surface area (Å²) in [4.78, 5) is 11.8. The molecule has 0 aliphatic rings. The van der Waals surface area contributed by atoms with Crippen LogP contribution in [0.3, 0.4) is 0 Å². The van der Waals surface area contributed by atoms with Gasteiger partial charge in [-0.2, -0.15) is 5.10 Å². The van der Waals surface area contributed by atoms with Crippen molar-refractivity contribution in [2.24, 2.45) is 5.10 Å². The zero-order valence-electron chi connectivity index (χ0n) is 12.9. The van der Waals surface area contributed by atoms with Crippen molar-refractivity contribution in [1.29, 1.82) is 0 Å². The van der Waals surface area contributed by atoms with Crippen LogP contribution in [0, 0.1) is 6.92 Å². The molecule has 0 saturated heterocycles. The van der Waals surface area contributed by atoms with Gasteiger partial charge in [0.25, 0.3) is 0 Å². The highest BCUT2D eigenvalue weighted by molar-refractivity contribution is 5.83. The number of aryl methyl sites for hydroxylation is 1. The third-order valence-electron chi connectivity index (χ3n) is 3.08. The quantitative estimate of drug-likeness (QED) is 0.658. The number of carbonyl (C=O) groups is 1. The molecule has 0 spiro atoms. The van der Waals surface area contributed by atoms with Crippen LogP contribution in [0.5, 0.6) is 5.75 Å². The van der Waals surface area contributed by atoms with Crippen molar-refractivity contribution < 1.29 is 9.53 Å². The Morgan fingerprint density at radius 3 is 2.45 bits per heavy atom. The van der Waals surface area contributed by atoms with Gasteiger partial charge in [0.1, 0.15) is 5.75 Å². The fraction of sp³-hybridized carbons (Fsp3) is 0.222. The van der Waals surface area contributed by atoms with Crippen LogP contribution < -0.4 is 10.2 Å². The topological polar surface area (TPSA) is 50.7 Å². The average molecular weight is 296 g/mol. The lowest BCUT2D eigenvalue weighted by atomic mass is 10.1. The van der Waals surface area contributed by atoms with Crippen molar-refractivity contribution in [1.82, 2.24) is 5.43 Å². The summed E-state index contributed by atoms with van der Waals surface area (Å²) in [5.41, 5.74) is 5.59. The number of hydrogen-bond acceptors (Lipinski definition) is 3. The summed E-state index contributed by atoms with van der Waals surface area (Å²) in [6.07, 6.45) is 1.93. The van der Waals surface area contributed by atoms with E-state index >= 15 is 0 Å². The van der Waals surface area contributed by atoms with Crippen LogP contribution >= 0.6 is 0 Å². The van der Waals surface area contributed by atoms with Crippen LogP contribution in [0.15, 0.2) is 53.6 Å². The molecule has 4 heteroatoms. The Labute approximate surface area is 130 Å². The number of hydrogen-bond donors (Lipinski definition) is 1. The molecule has 0 unspecified atom stereocenters. The summed E-state index contributed by atoms with van der Waals surface area (Å²) < 4.78 is 5.36. The third kappa shape index (κ3) is 5.05. The second-order valence-electron chi connectivity index (χ2n) is 4.96. The van der Waals surface area contributed by atoms with Gasteiger partial charge in [0, 0.05) is 0 Å². The lowest BCUT2D eigenvalue weighted by Gasteiger charge is -2.02. The van der Waals surface area contributed by atoms with E-state index in [1.165, 1.54) is 5.56 Å². The van der Waals surface area contributed by atoms with E-state index in [4.69, 9.17) is 4.74 Å². The number of benzene rings is 2. The highest BCUT2D eigenvalue weighted by Crippen LogP contribution is 2.10. The van der Waals surface area contributed by atoms with Gasteiger partial charge in [-0.15, -0.1) is 0 Å². The van der Waals surface area contributed by atoms with Gasteiger partial charge in [-0.05, 0) is 49.2 Å². The minimum Gasteiger partial charge on any atom is -0.494 e. The van der Waals surface area contributed by atoms with Gasteiger partial charge in [-0.3, -0.25) is 4.79 Å². The molecule has 0 aromatic heterocycles. The molecule has 114 valence electrons. The van der Waals surface area contributed by atoms with E-state index in [0.29, 0.717) is 13.0 Å². The second kappa shape index (κ2) is 7.98. The molecular weight excluding hydrogens is 276 g/mol. The number of rotatable bonds is 6. The standard InChI is InChI=1S/C18H20N2O2/c1-3-22-17-10-8-16(9-11-17)13-19-20-18(21)12-15-6-4-14(2)5-7-15/h4-11,13H,3,12H2,1-2H3,(H,20,21)/b19-13-. The number of nitrogens with one attached hydrogen (secondary N) is 1. The number of nitrogens with zero attached hydrogens (tertiary/aromatic N) is 1. The first kappa shape index (κ1) is 15.8. The van der Waals surface area contributed by atoms with Gasteiger partial charge < -0.3 is 4.74 Å². The van der Waals surface area contributed by atoms with Crippen LogP contribution in [0.1, 0.15) is 23.6 Å². The van der Waals surface area contributed by atoms with Gasteiger partial charge in [-0.1, -0.05) is 29.8 Å². The predicted octanol–water partition coefficient (Wildman–Crippen LogP) is 3.09. The normalized spacial score (nSPS) is 10.6. The molecule has 4 nitrogen and oxygen atoms in total. The molecule has 2 aromatic carbocycles. The highest BCUT2D eigenvalue weighted by Gasteiger charge is 2.01. The van der Waals surface area contributed by atoms with Crippen LogP contribution in [0.4, 0.5) is 0 Å². The number of hydrazone groups is 1. The van der Waals surface area contributed by atoms with Crippen molar-refractivity contribution in [3.8, 4) is 5.75 Å². The first-order chi connectivity index (χ1) is 10.7. The van der Waals surface area contributed by atoms with Crippen molar-refractivity contribution in [3.05, 3.63) is 65.2 Å². The van der Waals surface area contributed by atoms with Gasteiger partial charge >= 0.3 is 0 Å². The Morgan fingerprint density at radius 1 is 1.14 bits per heavy atom. The van der Waals surface area contributed by atoms with Gasteiger partial charge in [-0.25, -0.2) is 5.43 Å². The summed E-state index contributed by atoms with van der Waals surface area (Å²) >= 11 is 0. The molecule has 0 heterocycles. The fourth-order valence-electron chi connectivity index (χ4n) is 1.93. The minimum absolute atomic E-state index is 0.133. The Balaban J connectivity index is 1.83. The molecule has 0 radical (unpaired) electrons. The lowest BCUT2D eigenvalue weighted by Crippen LogP contribution is -2.19. The zero-order chi connectivity index (χ0) is 15.8. The predicted molar refractivity (Wildman–Crippen MR) is 88.2 cm³/mol. The molecule has 0 atom stereocenters. The molecule has 0 aliphatic carbocycles. The number of ether oxygens (including phenoxy) is 1. The fourth-order valence-corrected chi connectivity index (χ4v) is 1.93. The molecule has 2 rings (SSSR count). The molecule has 22 heavy (non-hydrogen) atoms. The van der Waals surface area contributed by atoms with Crippen molar-refractivity contribution in [2.75, 3.05) is 6.61 Å². The summed E-state index contributed by atoms with van der Waals surface area (Å²) in [5, 5.41) is 3.97. The van der Waals surface area contributed by atoms with Crippen LogP contribution in [0.25, 0.3) is 0 Å². The van der Waals surface area contributed by atoms with E-state index in [2.05, 4.69) is 10.5 Å². The Morgan fingerprint density at radius 2 is 1.82 bits per heavy atom. The minimum atomic E-state index is -0.133. The van der Waals surface area contributed by atoms with E-state index in [0.717, 1.165) is 16.9 Å². The Bertz CT molecular complexity index is 631. The summed E-state index contributed by atoms with van der Waals surface area (Å²) in [6, 6.07) is 15.4. The van der Waals surface area contributed by atoms with Crippen molar-refractivity contribution in [3.63, 3.8) is 0 Å². The largest absolute Gasteiger partial charge is 0.494 e. The summed E-state index contributed by atoms with van der Waals surface area (Å²) in [5.74, 6) is 0.689. The molecule has 0 fully saturated rings. The van der Waals surface area contributed by atoms with Crippen molar-refractivity contribution in [2.45, 2.75) is 20.3 Å². The zero-order valence-corrected chi connectivity index (χ0v) is 12.9. The molecule has 0 aliphatic heterocycles. The van der Waals surface area contributed by atoms with Crippen LogP contribution in [-0.4, -0.2) is 18.7 Å². The van der Waals surface area contributed by atoms with Crippen molar-refractivity contribution >= 4 is 12.1 Å². The van der Waals surface area contributed by atoms with E-state index in [1.807, 2.05) is 62.4 Å². The lowest BCUT2D eigenvalue weighted by molar-refractivity contribution is -0.120. The van der Waals surface area contributed by atoms with E-state index in [-0.39, 0.29) is 5.91 Å². The Hall–Kier alpha value is -2.62. The van der Waals surface area contributed by atoms with Gasteiger partial charge in [0.15, 0.2) is 0 Å². The molecule has 2 aromatic rings. The highest BCUT2D eigenvalue weighted by atomic mass is 16.5. The maximum absolute atomic E-state index is 11.8. The molecule has 1 amide bonds. The monoisotopic (exact) mass is 296 g/mol. The maximum atomic E-state index is 11.8. The van der Waals surface area contributed by atoms with Gasteiger partial charge in [0.2, 0.25) is 5.91 Å². The molecule has 0 saturated carbocycles. The van der Waals surface area contributed by atoms with E-state index in [9.17, 15) is 4.79 Å². The second-order valence-corrected chi connectivity index (χ2v) is 4.96. The summed E-state index contributed by atoms with van der Waals surface area (Å²) in [6.45, 7) is 4.60. The molecular formula is C18H20N2O2. The maximum Gasteiger partial charge on any atom is 0.244 e. The third-order valence-corrected chi connectivity index (χ3v) is 3.08. The number of amides is 1. The summed E-state index contributed by atoms with van der Waals surface area (Å²) in [7, 11) is 0. The van der Waals surface area contributed by atoms with E-state index in [1.54, 1.807) is 6.21 Å².